The molecule has 2 aliphatic carbocycles. The van der Waals surface area contributed by atoms with Gasteiger partial charge in [-0.25, -0.2) is 13.6 Å². The number of benzene rings is 1. The summed E-state index contributed by atoms with van der Waals surface area (Å²) in [6.45, 7) is 11.7. The molecule has 1 aromatic carbocycles. The lowest BCUT2D eigenvalue weighted by Crippen LogP contribution is -2.52. The Balaban J connectivity index is 0.000000321. The molecule has 3 aliphatic rings. The van der Waals surface area contributed by atoms with E-state index in [9.17, 15) is 18.4 Å². The lowest BCUT2D eigenvalue weighted by Gasteiger charge is -2.52. The van der Waals surface area contributed by atoms with Crippen molar-refractivity contribution >= 4 is 22.8 Å². The van der Waals surface area contributed by atoms with Crippen LogP contribution in [0.1, 0.15) is 99.3 Å². The van der Waals surface area contributed by atoms with Gasteiger partial charge >= 0.3 is 6.09 Å². The SMILES string of the molecule is CC(=O)c1ccccn1.Cc1cc(C2CC2)c(CN2CCC3(CC2)CC(F)(F)C3)c2ccn(C(=O)OC(C)(C)C)c12. The Morgan fingerprint density at radius 1 is 1.10 bits per heavy atom. The molecule has 0 radical (unpaired) electrons. The maximum atomic E-state index is 13.5. The van der Waals surface area contributed by atoms with Crippen molar-refractivity contribution in [2.24, 2.45) is 5.41 Å². The van der Waals surface area contributed by atoms with Crippen LogP contribution in [0.5, 0.6) is 0 Å². The molecule has 2 aromatic heterocycles. The fraction of sp³-hybridized carbons (Fsp3) is 0.545. The van der Waals surface area contributed by atoms with E-state index in [0.717, 1.165) is 48.9 Å². The van der Waals surface area contributed by atoms with Crippen molar-refractivity contribution in [2.45, 2.75) is 97.1 Å². The molecule has 0 bridgehead atoms. The fourth-order valence-corrected chi connectivity index (χ4v) is 6.40. The molecule has 0 N–H and O–H groups in total. The van der Waals surface area contributed by atoms with Crippen LogP contribution < -0.4 is 0 Å². The molecular formula is C33H41F2N3O3. The molecule has 0 atom stereocenters. The van der Waals surface area contributed by atoms with Crippen molar-refractivity contribution in [1.82, 2.24) is 14.5 Å². The van der Waals surface area contributed by atoms with Crippen LogP contribution in [0.25, 0.3) is 10.9 Å². The number of halogens is 2. The van der Waals surface area contributed by atoms with Gasteiger partial charge < -0.3 is 4.74 Å². The number of hydrogen-bond donors (Lipinski definition) is 0. The number of pyridine rings is 1. The average molecular weight is 566 g/mol. The number of aryl methyl sites for hydroxylation is 1. The molecule has 6 rings (SSSR count). The van der Waals surface area contributed by atoms with Gasteiger partial charge in [-0.3, -0.25) is 19.2 Å². The van der Waals surface area contributed by atoms with Crippen molar-refractivity contribution in [1.29, 1.82) is 0 Å². The van der Waals surface area contributed by atoms with E-state index in [-0.39, 0.29) is 30.1 Å². The fourth-order valence-electron chi connectivity index (χ4n) is 6.40. The van der Waals surface area contributed by atoms with Gasteiger partial charge in [0.2, 0.25) is 5.92 Å². The van der Waals surface area contributed by atoms with Gasteiger partial charge in [0.1, 0.15) is 11.3 Å². The third-order valence-electron chi connectivity index (χ3n) is 8.50. The van der Waals surface area contributed by atoms with E-state index in [1.54, 1.807) is 29.0 Å². The van der Waals surface area contributed by atoms with Crippen molar-refractivity contribution in [2.75, 3.05) is 13.1 Å². The number of piperidine rings is 1. The number of rotatable bonds is 4. The lowest BCUT2D eigenvalue weighted by atomic mass is 9.61. The predicted molar refractivity (Wildman–Crippen MR) is 156 cm³/mol. The number of ketones is 1. The second-order valence-corrected chi connectivity index (χ2v) is 13.2. The average Bonchev–Trinajstić information content (AvgIpc) is 3.62. The van der Waals surface area contributed by atoms with Crippen LogP contribution in [-0.2, 0) is 11.3 Å². The molecule has 0 amide bonds. The maximum Gasteiger partial charge on any atom is 0.418 e. The highest BCUT2D eigenvalue weighted by Gasteiger charge is 2.56. The molecule has 1 spiro atoms. The predicted octanol–water partition coefficient (Wildman–Crippen LogP) is 7.91. The number of aromatic nitrogens is 2. The van der Waals surface area contributed by atoms with Crippen LogP contribution >= 0.6 is 0 Å². The minimum absolute atomic E-state index is 0.00981. The van der Waals surface area contributed by atoms with Crippen LogP contribution in [0.3, 0.4) is 0 Å². The molecule has 3 heterocycles. The number of carbonyl (C=O) groups excluding carboxylic acids is 2. The lowest BCUT2D eigenvalue weighted by molar-refractivity contribution is -0.178. The van der Waals surface area contributed by atoms with Crippen molar-refractivity contribution in [3.63, 3.8) is 0 Å². The Hall–Kier alpha value is -3.13. The first-order valence-electron chi connectivity index (χ1n) is 14.6. The number of likely N-dealkylation sites (tertiary alicyclic amines) is 1. The number of hydrogen-bond acceptors (Lipinski definition) is 5. The first-order valence-corrected chi connectivity index (χ1v) is 14.6. The Morgan fingerprint density at radius 2 is 1.78 bits per heavy atom. The van der Waals surface area contributed by atoms with Crippen LogP contribution in [0.4, 0.5) is 13.6 Å². The van der Waals surface area contributed by atoms with Gasteiger partial charge in [0, 0.05) is 44.1 Å². The zero-order valence-corrected chi connectivity index (χ0v) is 24.8. The van der Waals surface area contributed by atoms with Crippen molar-refractivity contribution in [3.8, 4) is 0 Å². The van der Waals surface area contributed by atoms with Gasteiger partial charge in [0.05, 0.1) is 5.52 Å². The summed E-state index contributed by atoms with van der Waals surface area (Å²) < 4.78 is 34.3. The number of ether oxygens (including phenoxy) is 1. The maximum absolute atomic E-state index is 13.5. The quantitative estimate of drug-likeness (QED) is 0.301. The Morgan fingerprint density at radius 3 is 2.29 bits per heavy atom. The highest BCUT2D eigenvalue weighted by molar-refractivity contribution is 5.94. The summed E-state index contributed by atoms with van der Waals surface area (Å²) in [7, 11) is 0. The molecule has 220 valence electrons. The normalized spacial score (nSPS) is 19.8. The first kappa shape index (κ1) is 29.4. The van der Waals surface area contributed by atoms with E-state index in [1.807, 2.05) is 33.0 Å². The van der Waals surface area contributed by atoms with Gasteiger partial charge in [-0.15, -0.1) is 0 Å². The zero-order valence-electron chi connectivity index (χ0n) is 24.8. The largest absolute Gasteiger partial charge is 0.443 e. The van der Waals surface area contributed by atoms with Gasteiger partial charge in [-0.2, -0.15) is 0 Å². The molecule has 1 saturated heterocycles. The standard InChI is InChI=1S/C26H34F2N2O2.C7H7NO/c1-17-13-20(18-5-6-18)21(14-29-11-8-25(9-12-29)15-26(27,28)16-25)19-7-10-30(22(17)19)23(31)32-24(2,3)4;1-6(9)7-4-2-3-5-8-7/h7,10,13,18H,5-6,8-9,11-12,14-16H2,1-4H3;2-5H,1H3. The van der Waals surface area contributed by atoms with Crippen molar-refractivity contribution in [3.05, 3.63) is 65.1 Å². The number of nitrogens with zero attached hydrogens (tertiary/aromatic N) is 3. The Bertz CT molecular complexity index is 1420. The van der Waals surface area contributed by atoms with Gasteiger partial charge in [-0.05, 0) is 113 Å². The van der Waals surface area contributed by atoms with Crippen LogP contribution in [-0.4, -0.2) is 50.9 Å². The molecule has 8 heteroatoms. The summed E-state index contributed by atoms with van der Waals surface area (Å²) in [6, 6.07) is 9.58. The van der Waals surface area contributed by atoms with Crippen molar-refractivity contribution < 1.29 is 23.1 Å². The highest BCUT2D eigenvalue weighted by Crippen LogP contribution is 2.57. The van der Waals surface area contributed by atoms with Crippen LogP contribution in [0.2, 0.25) is 0 Å². The Kier molecular flexibility index (Phi) is 7.83. The molecular weight excluding hydrogens is 524 g/mol. The third-order valence-corrected chi connectivity index (χ3v) is 8.50. The second kappa shape index (κ2) is 10.9. The van der Waals surface area contributed by atoms with E-state index in [2.05, 4.69) is 22.9 Å². The molecule has 41 heavy (non-hydrogen) atoms. The van der Waals surface area contributed by atoms with Crippen LogP contribution in [0.15, 0.2) is 42.7 Å². The number of Topliss-reactive ketones (excluding diaryl/α,β-unsaturated/α-hetero) is 1. The van der Waals surface area contributed by atoms with Gasteiger partial charge in [-0.1, -0.05) is 12.1 Å². The summed E-state index contributed by atoms with van der Waals surface area (Å²) >= 11 is 0. The second-order valence-electron chi connectivity index (χ2n) is 13.2. The minimum Gasteiger partial charge on any atom is -0.443 e. The molecule has 0 unspecified atom stereocenters. The first-order chi connectivity index (χ1) is 19.3. The monoisotopic (exact) mass is 565 g/mol. The molecule has 3 fully saturated rings. The van der Waals surface area contributed by atoms with E-state index in [4.69, 9.17) is 4.74 Å². The van der Waals surface area contributed by atoms with E-state index < -0.39 is 11.5 Å². The Labute approximate surface area is 241 Å². The number of alkyl halides is 2. The van der Waals surface area contributed by atoms with E-state index >= 15 is 0 Å². The summed E-state index contributed by atoms with van der Waals surface area (Å²) in [6.07, 6.45) is 7.34. The van der Waals surface area contributed by atoms with E-state index in [1.165, 1.54) is 30.9 Å². The number of carbonyl (C=O) groups is 2. The highest BCUT2D eigenvalue weighted by atomic mass is 19.3. The summed E-state index contributed by atoms with van der Waals surface area (Å²) in [5.74, 6) is -1.84. The van der Waals surface area contributed by atoms with E-state index in [0.29, 0.717) is 11.6 Å². The minimum atomic E-state index is -2.45. The van der Waals surface area contributed by atoms with Crippen LogP contribution in [0, 0.1) is 12.3 Å². The third kappa shape index (κ3) is 6.69. The topological polar surface area (TPSA) is 64.4 Å². The smallest absolute Gasteiger partial charge is 0.418 e. The summed E-state index contributed by atoms with van der Waals surface area (Å²) in [5.41, 5.74) is 4.54. The summed E-state index contributed by atoms with van der Waals surface area (Å²) in [4.78, 5) is 29.7. The molecule has 2 saturated carbocycles. The molecule has 1 aliphatic heterocycles. The zero-order chi connectivity index (χ0) is 29.6. The number of fused-ring (bicyclic) bond motifs is 1. The van der Waals surface area contributed by atoms with Gasteiger partial charge in [0.25, 0.3) is 0 Å². The molecule has 6 nitrogen and oxygen atoms in total. The van der Waals surface area contributed by atoms with Gasteiger partial charge in [0.15, 0.2) is 5.78 Å². The molecule has 3 aromatic rings. The summed E-state index contributed by atoms with van der Waals surface area (Å²) in [5, 5.41) is 1.12.